The fraction of sp³-hybridized carbons (Fsp3) is 0.207. The van der Waals surface area contributed by atoms with E-state index in [4.69, 9.17) is 29.0 Å². The summed E-state index contributed by atoms with van der Waals surface area (Å²) in [5.41, 5.74) is 3.23. The molecule has 4 aromatic rings. The molecule has 0 saturated carbocycles. The molecule has 0 radical (unpaired) electrons. The van der Waals surface area contributed by atoms with Crippen LogP contribution in [0, 0.1) is 0 Å². The van der Waals surface area contributed by atoms with Crippen LogP contribution in [-0.4, -0.2) is 49.1 Å². The molecular formula is C29H29N5O5. The standard InChI is InChI=1S/C29H29N5O5/c1-17-24(28(35)31-19-11-7-6-8-12-19)25(20-13-9-10-14-21(20)36-2)34-29(30-17)32-27(33-34)18-15-22(37-3)26(39-5)23(16-18)38-4/h6-16,25H,1-5H3,(H,31,35)(H,30,32,33). The maximum atomic E-state index is 13.7. The molecule has 0 saturated heterocycles. The Morgan fingerprint density at radius 2 is 1.51 bits per heavy atom. The number of amides is 1. The minimum Gasteiger partial charge on any atom is -0.496 e. The van der Waals surface area contributed by atoms with Crippen LogP contribution in [0.1, 0.15) is 18.5 Å². The van der Waals surface area contributed by atoms with E-state index in [0.717, 1.165) is 5.56 Å². The number of anilines is 2. The summed E-state index contributed by atoms with van der Waals surface area (Å²) < 4.78 is 23.9. The van der Waals surface area contributed by atoms with Gasteiger partial charge >= 0.3 is 0 Å². The Morgan fingerprint density at radius 3 is 2.15 bits per heavy atom. The number of allylic oxidation sites excluding steroid dienone is 1. The molecule has 1 aromatic heterocycles. The number of nitrogens with zero attached hydrogens (tertiary/aromatic N) is 3. The van der Waals surface area contributed by atoms with Gasteiger partial charge in [-0.2, -0.15) is 4.98 Å². The van der Waals surface area contributed by atoms with Crippen molar-refractivity contribution in [1.29, 1.82) is 0 Å². The van der Waals surface area contributed by atoms with Gasteiger partial charge in [0.25, 0.3) is 5.91 Å². The maximum absolute atomic E-state index is 13.7. The predicted octanol–water partition coefficient (Wildman–Crippen LogP) is 4.91. The molecule has 200 valence electrons. The minimum absolute atomic E-state index is 0.266. The first-order valence-corrected chi connectivity index (χ1v) is 12.2. The van der Waals surface area contributed by atoms with Gasteiger partial charge in [0.15, 0.2) is 17.3 Å². The summed E-state index contributed by atoms with van der Waals surface area (Å²) in [6.45, 7) is 1.85. The smallest absolute Gasteiger partial charge is 0.255 e. The summed E-state index contributed by atoms with van der Waals surface area (Å²) in [4.78, 5) is 18.5. The minimum atomic E-state index is -0.621. The molecule has 1 aliphatic heterocycles. The zero-order valence-electron chi connectivity index (χ0n) is 22.3. The highest BCUT2D eigenvalue weighted by Gasteiger charge is 2.36. The van der Waals surface area contributed by atoms with Crippen LogP contribution in [-0.2, 0) is 4.79 Å². The Bertz CT molecular complexity index is 1520. The van der Waals surface area contributed by atoms with Gasteiger partial charge < -0.3 is 29.6 Å². The Morgan fingerprint density at radius 1 is 0.872 bits per heavy atom. The van der Waals surface area contributed by atoms with Crippen LogP contribution in [0.2, 0.25) is 0 Å². The van der Waals surface area contributed by atoms with Crippen LogP contribution in [0.15, 0.2) is 78.0 Å². The lowest BCUT2D eigenvalue weighted by molar-refractivity contribution is -0.113. The second kappa shape index (κ2) is 10.8. The second-order valence-electron chi connectivity index (χ2n) is 8.75. The summed E-state index contributed by atoms with van der Waals surface area (Å²) in [5, 5.41) is 11.1. The van der Waals surface area contributed by atoms with E-state index in [1.54, 1.807) is 45.3 Å². The molecule has 1 amide bonds. The average Bonchev–Trinajstić information content (AvgIpc) is 3.39. The van der Waals surface area contributed by atoms with Crippen molar-refractivity contribution in [3.8, 4) is 34.4 Å². The molecule has 10 nitrogen and oxygen atoms in total. The Hall–Kier alpha value is -4.99. The monoisotopic (exact) mass is 527 g/mol. The van der Waals surface area contributed by atoms with Crippen LogP contribution in [0.25, 0.3) is 11.4 Å². The number of nitrogens with one attached hydrogen (secondary N) is 2. The molecule has 39 heavy (non-hydrogen) atoms. The van der Waals surface area contributed by atoms with Crippen LogP contribution in [0.5, 0.6) is 23.0 Å². The highest BCUT2D eigenvalue weighted by molar-refractivity contribution is 6.06. The number of ether oxygens (including phenoxy) is 4. The summed E-state index contributed by atoms with van der Waals surface area (Å²) in [5.74, 6) is 2.67. The van der Waals surface area contributed by atoms with E-state index in [9.17, 15) is 4.79 Å². The molecule has 0 fully saturated rings. The molecular weight excluding hydrogens is 498 g/mol. The molecule has 0 spiro atoms. The fourth-order valence-electron chi connectivity index (χ4n) is 4.68. The molecule has 1 unspecified atom stereocenters. The molecule has 1 aliphatic rings. The van der Waals surface area contributed by atoms with Gasteiger partial charge in [0.05, 0.1) is 34.0 Å². The number of para-hydroxylation sites is 2. The number of methoxy groups -OCH3 is 4. The first-order chi connectivity index (χ1) is 19.0. The predicted molar refractivity (Wildman–Crippen MR) is 148 cm³/mol. The van der Waals surface area contributed by atoms with Gasteiger partial charge in [0.1, 0.15) is 11.8 Å². The zero-order chi connectivity index (χ0) is 27.5. The van der Waals surface area contributed by atoms with Gasteiger partial charge in [0, 0.05) is 22.5 Å². The van der Waals surface area contributed by atoms with Crippen molar-refractivity contribution in [3.63, 3.8) is 0 Å². The quantitative estimate of drug-likeness (QED) is 0.333. The molecule has 2 N–H and O–H groups in total. The topological polar surface area (TPSA) is 109 Å². The first-order valence-electron chi connectivity index (χ1n) is 12.2. The number of benzene rings is 3. The number of carbonyl (C=O) groups excluding carboxylic acids is 1. The van der Waals surface area contributed by atoms with Gasteiger partial charge in [-0.15, -0.1) is 5.10 Å². The largest absolute Gasteiger partial charge is 0.496 e. The normalized spacial score (nSPS) is 14.2. The van der Waals surface area contributed by atoms with Gasteiger partial charge in [-0.3, -0.25) is 4.79 Å². The number of hydrogen-bond acceptors (Lipinski definition) is 8. The number of fused-ring (bicyclic) bond motifs is 1. The Kier molecular flexibility index (Phi) is 7.09. The molecule has 5 rings (SSSR count). The fourth-order valence-corrected chi connectivity index (χ4v) is 4.68. The van der Waals surface area contributed by atoms with E-state index < -0.39 is 6.04 Å². The lowest BCUT2D eigenvalue weighted by Gasteiger charge is -2.29. The highest BCUT2D eigenvalue weighted by atomic mass is 16.5. The third kappa shape index (κ3) is 4.72. The second-order valence-corrected chi connectivity index (χ2v) is 8.75. The molecule has 0 bridgehead atoms. The highest BCUT2D eigenvalue weighted by Crippen LogP contribution is 2.43. The van der Waals surface area contributed by atoms with E-state index in [2.05, 4.69) is 10.6 Å². The third-order valence-corrected chi connectivity index (χ3v) is 6.49. The van der Waals surface area contributed by atoms with Crippen LogP contribution < -0.4 is 29.6 Å². The van der Waals surface area contributed by atoms with E-state index in [1.165, 1.54) is 0 Å². The van der Waals surface area contributed by atoms with Crippen molar-refractivity contribution in [2.45, 2.75) is 13.0 Å². The van der Waals surface area contributed by atoms with Crippen LogP contribution in [0.4, 0.5) is 11.6 Å². The van der Waals surface area contributed by atoms with Crippen molar-refractivity contribution in [1.82, 2.24) is 14.8 Å². The van der Waals surface area contributed by atoms with Crippen LogP contribution in [0.3, 0.4) is 0 Å². The average molecular weight is 528 g/mol. The maximum Gasteiger partial charge on any atom is 0.255 e. The molecule has 0 aliphatic carbocycles. The van der Waals surface area contributed by atoms with Crippen molar-refractivity contribution < 1.29 is 23.7 Å². The number of carbonyl (C=O) groups is 1. The Balaban J connectivity index is 1.65. The molecule has 10 heteroatoms. The molecule has 1 atom stereocenters. The van der Waals surface area contributed by atoms with Crippen molar-refractivity contribution >= 4 is 17.5 Å². The first kappa shape index (κ1) is 25.7. The summed E-state index contributed by atoms with van der Waals surface area (Å²) >= 11 is 0. The third-order valence-electron chi connectivity index (χ3n) is 6.49. The van der Waals surface area contributed by atoms with Gasteiger partial charge in [-0.25, -0.2) is 4.68 Å². The SMILES string of the molecule is COc1ccccc1C1C(C(=O)Nc2ccccc2)=C(C)Nc2nc(-c3cc(OC)c(OC)c(OC)c3)nn21. The lowest BCUT2D eigenvalue weighted by atomic mass is 9.94. The van der Waals surface area contributed by atoms with Crippen molar-refractivity contribution in [2.75, 3.05) is 39.1 Å². The van der Waals surface area contributed by atoms with Gasteiger partial charge in [-0.05, 0) is 37.3 Å². The van der Waals surface area contributed by atoms with Crippen molar-refractivity contribution in [3.05, 3.63) is 83.6 Å². The summed E-state index contributed by atoms with van der Waals surface area (Å²) in [7, 11) is 6.25. The molecule has 3 aromatic carbocycles. The van der Waals surface area contributed by atoms with E-state index in [-0.39, 0.29) is 5.91 Å². The number of rotatable bonds is 8. The van der Waals surface area contributed by atoms with Crippen LogP contribution >= 0.6 is 0 Å². The summed E-state index contributed by atoms with van der Waals surface area (Å²) in [6, 6.07) is 19.8. The van der Waals surface area contributed by atoms with E-state index in [1.807, 2.05) is 61.5 Å². The van der Waals surface area contributed by atoms with Crippen molar-refractivity contribution in [2.24, 2.45) is 0 Å². The molecule has 2 heterocycles. The van der Waals surface area contributed by atoms with Gasteiger partial charge in [-0.1, -0.05) is 36.4 Å². The van der Waals surface area contributed by atoms with E-state index >= 15 is 0 Å². The van der Waals surface area contributed by atoms with E-state index in [0.29, 0.717) is 57.3 Å². The number of hydrogen-bond donors (Lipinski definition) is 2. The number of aromatic nitrogens is 3. The Labute approximate surface area is 226 Å². The van der Waals surface area contributed by atoms with Gasteiger partial charge in [0.2, 0.25) is 11.7 Å². The lowest BCUT2D eigenvalue weighted by Crippen LogP contribution is -2.31. The zero-order valence-corrected chi connectivity index (χ0v) is 22.3. The summed E-state index contributed by atoms with van der Waals surface area (Å²) in [6.07, 6.45) is 0.